The van der Waals surface area contributed by atoms with Gasteiger partial charge < -0.3 is 25.8 Å². The Bertz CT molecular complexity index is 528. The molecule has 9 nitrogen and oxygen atoms in total. The fourth-order valence-corrected chi connectivity index (χ4v) is 2.60. The Morgan fingerprint density at radius 1 is 1.36 bits per heavy atom. The third-order valence-electron chi connectivity index (χ3n) is 3.79. The molecule has 0 aromatic rings. The van der Waals surface area contributed by atoms with E-state index in [4.69, 9.17) is 10.5 Å². The molecular formula is C16H27N3O6. The lowest BCUT2D eigenvalue weighted by Crippen LogP contribution is -2.43. The molecule has 25 heavy (non-hydrogen) atoms. The summed E-state index contributed by atoms with van der Waals surface area (Å²) in [6, 6.07) is -0.988. The van der Waals surface area contributed by atoms with Crippen LogP contribution in [0.3, 0.4) is 0 Å². The number of rotatable bonds is 8. The average molecular weight is 357 g/mol. The molecule has 0 aromatic carbocycles. The van der Waals surface area contributed by atoms with E-state index in [0.29, 0.717) is 19.4 Å². The van der Waals surface area contributed by atoms with Gasteiger partial charge in [-0.2, -0.15) is 0 Å². The monoisotopic (exact) mass is 357 g/mol. The van der Waals surface area contributed by atoms with Gasteiger partial charge in [0.15, 0.2) is 0 Å². The van der Waals surface area contributed by atoms with Gasteiger partial charge >= 0.3 is 12.1 Å². The van der Waals surface area contributed by atoms with Crippen molar-refractivity contribution in [3.05, 3.63) is 0 Å². The van der Waals surface area contributed by atoms with Crippen LogP contribution in [0.1, 0.15) is 46.5 Å². The van der Waals surface area contributed by atoms with Crippen molar-refractivity contribution in [2.75, 3.05) is 13.1 Å². The molecule has 0 spiro atoms. The molecule has 1 saturated heterocycles. The molecule has 0 aliphatic carbocycles. The van der Waals surface area contributed by atoms with Gasteiger partial charge in [0.05, 0.1) is 5.92 Å². The summed E-state index contributed by atoms with van der Waals surface area (Å²) < 4.78 is 5.09. The van der Waals surface area contributed by atoms with Crippen molar-refractivity contribution in [1.29, 1.82) is 0 Å². The van der Waals surface area contributed by atoms with Gasteiger partial charge in [0, 0.05) is 19.5 Å². The minimum atomic E-state index is -1.11. The van der Waals surface area contributed by atoms with Crippen LogP contribution in [0.25, 0.3) is 0 Å². The summed E-state index contributed by atoms with van der Waals surface area (Å²) >= 11 is 0. The first kappa shape index (κ1) is 20.7. The van der Waals surface area contributed by atoms with Crippen molar-refractivity contribution in [2.45, 2.75) is 58.1 Å². The van der Waals surface area contributed by atoms with E-state index in [1.54, 1.807) is 20.8 Å². The van der Waals surface area contributed by atoms with Crippen molar-refractivity contribution >= 4 is 23.9 Å². The number of alkyl carbamates (subject to hydrolysis) is 1. The van der Waals surface area contributed by atoms with Crippen LogP contribution in [0, 0.1) is 5.92 Å². The van der Waals surface area contributed by atoms with Crippen molar-refractivity contribution in [3.8, 4) is 0 Å². The van der Waals surface area contributed by atoms with E-state index in [2.05, 4.69) is 5.32 Å². The zero-order chi connectivity index (χ0) is 19.2. The summed E-state index contributed by atoms with van der Waals surface area (Å²) in [5.74, 6) is -2.72. The molecule has 1 unspecified atom stereocenters. The summed E-state index contributed by atoms with van der Waals surface area (Å²) in [4.78, 5) is 47.3. The van der Waals surface area contributed by atoms with Gasteiger partial charge in [0.25, 0.3) is 0 Å². The Kier molecular flexibility index (Phi) is 7.20. The van der Waals surface area contributed by atoms with Gasteiger partial charge in [-0.3, -0.25) is 9.59 Å². The molecule has 0 aromatic heterocycles. The van der Waals surface area contributed by atoms with Crippen LogP contribution in [-0.4, -0.2) is 58.6 Å². The fraction of sp³-hybridized carbons (Fsp3) is 0.750. The Morgan fingerprint density at radius 2 is 2.00 bits per heavy atom. The molecule has 9 heteroatoms. The zero-order valence-corrected chi connectivity index (χ0v) is 14.9. The maximum Gasteiger partial charge on any atom is 0.407 e. The first-order chi connectivity index (χ1) is 11.5. The number of hydrogen-bond donors (Lipinski definition) is 3. The van der Waals surface area contributed by atoms with Crippen LogP contribution >= 0.6 is 0 Å². The molecule has 0 saturated carbocycles. The molecule has 0 radical (unpaired) electrons. The number of carbonyl (C=O) groups excluding carboxylic acids is 3. The van der Waals surface area contributed by atoms with E-state index in [0.717, 1.165) is 0 Å². The molecule has 1 rings (SSSR count). The van der Waals surface area contributed by atoms with Gasteiger partial charge in [-0.15, -0.1) is 0 Å². The van der Waals surface area contributed by atoms with E-state index >= 15 is 0 Å². The largest absolute Gasteiger partial charge is 0.480 e. The first-order valence-electron chi connectivity index (χ1n) is 8.29. The van der Waals surface area contributed by atoms with Gasteiger partial charge in [-0.1, -0.05) is 0 Å². The van der Waals surface area contributed by atoms with Gasteiger partial charge in [-0.25, -0.2) is 9.59 Å². The smallest absolute Gasteiger partial charge is 0.407 e. The van der Waals surface area contributed by atoms with Crippen molar-refractivity contribution in [1.82, 2.24) is 10.2 Å². The van der Waals surface area contributed by atoms with Gasteiger partial charge in [-0.05, 0) is 40.0 Å². The van der Waals surface area contributed by atoms with Crippen LogP contribution < -0.4 is 11.1 Å². The molecule has 1 aliphatic heterocycles. The highest BCUT2D eigenvalue weighted by Gasteiger charge is 2.39. The summed E-state index contributed by atoms with van der Waals surface area (Å²) in [6.45, 7) is 5.67. The van der Waals surface area contributed by atoms with Crippen LogP contribution in [0.15, 0.2) is 0 Å². The number of carboxylic acid groups (broad SMARTS) is 1. The predicted octanol–water partition coefficient (Wildman–Crippen LogP) is 0.468. The van der Waals surface area contributed by atoms with Crippen molar-refractivity contribution < 1.29 is 29.0 Å². The summed E-state index contributed by atoms with van der Waals surface area (Å²) in [5.41, 5.74) is 4.62. The van der Waals surface area contributed by atoms with Crippen molar-refractivity contribution in [3.63, 3.8) is 0 Å². The lowest BCUT2D eigenvalue weighted by Gasteiger charge is -2.24. The number of nitrogens with two attached hydrogens (primary N) is 1. The first-order valence-corrected chi connectivity index (χ1v) is 8.29. The normalized spacial score (nSPS) is 18.8. The maximum atomic E-state index is 11.9. The minimum Gasteiger partial charge on any atom is -0.480 e. The molecule has 1 fully saturated rings. The molecule has 4 N–H and O–H groups in total. The second-order valence-corrected chi connectivity index (χ2v) is 7.13. The molecule has 142 valence electrons. The van der Waals surface area contributed by atoms with Crippen LogP contribution in [0.5, 0.6) is 0 Å². The number of carbonyl (C=O) groups is 4. The van der Waals surface area contributed by atoms with E-state index in [-0.39, 0.29) is 25.3 Å². The third kappa shape index (κ3) is 6.98. The Hall–Kier alpha value is -2.32. The summed E-state index contributed by atoms with van der Waals surface area (Å²) in [6.07, 6.45) is 0.713. The number of nitrogens with zero attached hydrogens (tertiary/aromatic N) is 1. The highest BCUT2D eigenvalue weighted by atomic mass is 16.6. The number of nitrogens with one attached hydrogen (secondary N) is 1. The van der Waals surface area contributed by atoms with Crippen LogP contribution in [0.2, 0.25) is 0 Å². The van der Waals surface area contributed by atoms with Crippen LogP contribution in [-0.2, 0) is 19.1 Å². The van der Waals surface area contributed by atoms with E-state index in [9.17, 15) is 24.3 Å². The summed E-state index contributed by atoms with van der Waals surface area (Å²) in [5, 5.41) is 11.9. The number of carboxylic acids is 1. The van der Waals surface area contributed by atoms with Crippen LogP contribution in [0.4, 0.5) is 4.79 Å². The number of amides is 3. The molecule has 1 heterocycles. The molecular weight excluding hydrogens is 330 g/mol. The maximum absolute atomic E-state index is 11.9. The number of ether oxygens (including phenoxy) is 1. The van der Waals surface area contributed by atoms with E-state index in [1.165, 1.54) is 4.90 Å². The Morgan fingerprint density at radius 3 is 2.48 bits per heavy atom. The summed E-state index contributed by atoms with van der Waals surface area (Å²) in [7, 11) is 0. The van der Waals surface area contributed by atoms with E-state index < -0.39 is 35.5 Å². The highest BCUT2D eigenvalue weighted by molar-refractivity contribution is 5.91. The van der Waals surface area contributed by atoms with Gasteiger partial charge in [0.1, 0.15) is 11.6 Å². The Balaban J connectivity index is 2.40. The number of primary amides is 1. The SMILES string of the molecule is CC(C)(C)OC(=O)NCCCC[C@@H](C(=O)O)N1CC(C(N)=O)CC1=O. The fourth-order valence-electron chi connectivity index (χ4n) is 2.60. The topological polar surface area (TPSA) is 139 Å². The van der Waals surface area contributed by atoms with Gasteiger partial charge in [0.2, 0.25) is 11.8 Å². The third-order valence-corrected chi connectivity index (χ3v) is 3.79. The number of aliphatic carboxylic acids is 1. The Labute approximate surface area is 146 Å². The molecule has 0 bridgehead atoms. The molecule has 3 amide bonds. The van der Waals surface area contributed by atoms with E-state index in [1.807, 2.05) is 0 Å². The minimum absolute atomic E-state index is 0.0423. The second kappa shape index (κ2) is 8.68. The molecule has 1 aliphatic rings. The predicted molar refractivity (Wildman–Crippen MR) is 88.5 cm³/mol. The number of hydrogen-bond acceptors (Lipinski definition) is 5. The van der Waals surface area contributed by atoms with Crippen molar-refractivity contribution in [2.24, 2.45) is 11.7 Å². The molecule has 2 atom stereocenters. The lowest BCUT2D eigenvalue weighted by atomic mass is 10.1. The standard InChI is InChI=1S/C16H27N3O6/c1-16(2,3)25-15(24)18-7-5-4-6-11(14(22)23)19-9-10(13(17)21)8-12(19)20/h10-11H,4-9H2,1-3H3,(H2,17,21)(H,18,24)(H,22,23)/t10?,11-/m0/s1. The lowest BCUT2D eigenvalue weighted by molar-refractivity contribution is -0.148. The highest BCUT2D eigenvalue weighted by Crippen LogP contribution is 2.22. The number of unbranched alkanes of at least 4 members (excludes halogenated alkanes) is 1. The quantitative estimate of drug-likeness (QED) is 0.540. The number of likely N-dealkylation sites (tertiary alicyclic amines) is 1. The average Bonchev–Trinajstić information content (AvgIpc) is 2.82. The zero-order valence-electron chi connectivity index (χ0n) is 14.9. The second-order valence-electron chi connectivity index (χ2n) is 7.13.